The van der Waals surface area contributed by atoms with Crippen LogP contribution in [0.1, 0.15) is 16.7 Å². The molecule has 0 aliphatic rings. The Balaban J connectivity index is 2.18. The molecule has 0 fully saturated rings. The first kappa shape index (κ1) is 13.8. The molecule has 6 nitrogen and oxygen atoms in total. The Morgan fingerprint density at radius 1 is 1.30 bits per heavy atom. The fourth-order valence-corrected chi connectivity index (χ4v) is 1.88. The number of rotatable bonds is 4. The Morgan fingerprint density at radius 2 is 2.05 bits per heavy atom. The summed E-state index contributed by atoms with van der Waals surface area (Å²) in [6.07, 6.45) is 1.61. The van der Waals surface area contributed by atoms with E-state index in [1.807, 2.05) is 6.07 Å². The maximum absolute atomic E-state index is 10.8. The number of nitrogen functional groups attached to an aromatic ring is 1. The van der Waals surface area contributed by atoms with Crippen LogP contribution in [0.4, 0.5) is 11.5 Å². The van der Waals surface area contributed by atoms with E-state index < -0.39 is 4.92 Å². The van der Waals surface area contributed by atoms with Crippen molar-refractivity contribution in [2.45, 2.75) is 20.5 Å². The standard InChI is InChI=1S/C14H15N3O3/c1-9-10(2)13(4-3-12(9)17(18)19)20-8-11-5-6-16-14(15)7-11/h3-7H,8H2,1-2H3,(H2,15,16). The summed E-state index contributed by atoms with van der Waals surface area (Å²) in [5.41, 5.74) is 7.97. The molecule has 1 aromatic carbocycles. The third-order valence-corrected chi connectivity index (χ3v) is 3.15. The van der Waals surface area contributed by atoms with Crippen molar-refractivity contribution >= 4 is 11.5 Å². The predicted octanol–water partition coefficient (Wildman–Crippen LogP) is 2.77. The quantitative estimate of drug-likeness (QED) is 0.683. The van der Waals surface area contributed by atoms with Crippen molar-refractivity contribution in [2.75, 3.05) is 5.73 Å². The van der Waals surface area contributed by atoms with E-state index in [1.54, 1.807) is 32.2 Å². The number of anilines is 1. The lowest BCUT2D eigenvalue weighted by atomic mass is 10.1. The van der Waals surface area contributed by atoms with Crippen molar-refractivity contribution < 1.29 is 9.66 Å². The molecule has 0 spiro atoms. The molecule has 20 heavy (non-hydrogen) atoms. The smallest absolute Gasteiger partial charge is 0.272 e. The molecule has 0 radical (unpaired) electrons. The minimum atomic E-state index is -0.393. The molecule has 0 bridgehead atoms. The second-order valence-electron chi connectivity index (χ2n) is 4.47. The van der Waals surface area contributed by atoms with Gasteiger partial charge in [-0.25, -0.2) is 4.98 Å². The minimum absolute atomic E-state index is 0.100. The van der Waals surface area contributed by atoms with Crippen molar-refractivity contribution in [3.63, 3.8) is 0 Å². The van der Waals surface area contributed by atoms with Gasteiger partial charge in [-0.2, -0.15) is 0 Å². The van der Waals surface area contributed by atoms with Gasteiger partial charge in [-0.3, -0.25) is 10.1 Å². The number of hydrogen-bond donors (Lipinski definition) is 1. The molecule has 0 atom stereocenters. The fraction of sp³-hybridized carbons (Fsp3) is 0.214. The van der Waals surface area contributed by atoms with Gasteiger partial charge in [0.05, 0.1) is 4.92 Å². The second-order valence-corrected chi connectivity index (χ2v) is 4.47. The molecule has 0 aliphatic carbocycles. The van der Waals surface area contributed by atoms with Crippen LogP contribution in [-0.2, 0) is 6.61 Å². The third-order valence-electron chi connectivity index (χ3n) is 3.15. The van der Waals surface area contributed by atoms with Crippen molar-refractivity contribution in [3.05, 3.63) is 57.3 Å². The van der Waals surface area contributed by atoms with Gasteiger partial charge in [-0.15, -0.1) is 0 Å². The van der Waals surface area contributed by atoms with Crippen LogP contribution < -0.4 is 10.5 Å². The number of nitrogens with zero attached hydrogens (tertiary/aromatic N) is 2. The van der Waals surface area contributed by atoms with Crippen LogP contribution in [0.15, 0.2) is 30.5 Å². The van der Waals surface area contributed by atoms with Crippen LogP contribution in [0.5, 0.6) is 5.75 Å². The molecule has 0 saturated carbocycles. The van der Waals surface area contributed by atoms with E-state index in [2.05, 4.69) is 4.98 Å². The third kappa shape index (κ3) is 2.85. The maximum Gasteiger partial charge on any atom is 0.272 e. The Labute approximate surface area is 116 Å². The van der Waals surface area contributed by atoms with Gasteiger partial charge in [0.25, 0.3) is 5.69 Å². The van der Waals surface area contributed by atoms with Gasteiger partial charge in [-0.05, 0) is 37.6 Å². The van der Waals surface area contributed by atoms with Gasteiger partial charge in [0.2, 0.25) is 0 Å². The van der Waals surface area contributed by atoms with Gasteiger partial charge < -0.3 is 10.5 Å². The first-order valence-corrected chi connectivity index (χ1v) is 6.07. The largest absolute Gasteiger partial charge is 0.489 e. The van der Waals surface area contributed by atoms with Gasteiger partial charge in [-0.1, -0.05) is 0 Å². The zero-order valence-electron chi connectivity index (χ0n) is 11.3. The molecule has 0 amide bonds. The van der Waals surface area contributed by atoms with Crippen molar-refractivity contribution in [2.24, 2.45) is 0 Å². The van der Waals surface area contributed by atoms with Crippen LogP contribution in [0.25, 0.3) is 0 Å². The molecule has 2 N–H and O–H groups in total. The SMILES string of the molecule is Cc1c(OCc2ccnc(N)c2)ccc([N+](=O)[O-])c1C. The Bertz CT molecular complexity index is 656. The number of pyridine rings is 1. The summed E-state index contributed by atoms with van der Waals surface area (Å²) in [5, 5.41) is 10.8. The maximum atomic E-state index is 10.8. The second kappa shape index (κ2) is 5.56. The lowest BCUT2D eigenvalue weighted by Gasteiger charge is -2.11. The first-order valence-electron chi connectivity index (χ1n) is 6.07. The highest BCUT2D eigenvalue weighted by Gasteiger charge is 2.15. The molecule has 1 heterocycles. The predicted molar refractivity (Wildman–Crippen MR) is 75.6 cm³/mol. The van der Waals surface area contributed by atoms with Gasteiger partial charge in [0.1, 0.15) is 18.2 Å². The van der Waals surface area contributed by atoms with Crippen LogP contribution in [0, 0.1) is 24.0 Å². The number of benzene rings is 1. The summed E-state index contributed by atoms with van der Waals surface area (Å²) < 4.78 is 5.69. The Morgan fingerprint density at radius 3 is 2.70 bits per heavy atom. The van der Waals surface area contributed by atoms with E-state index in [0.29, 0.717) is 23.7 Å². The number of nitro benzene ring substituents is 1. The highest BCUT2D eigenvalue weighted by atomic mass is 16.6. The Hall–Kier alpha value is -2.63. The molecule has 2 aromatic rings. The number of ether oxygens (including phenoxy) is 1. The van der Waals surface area contributed by atoms with E-state index in [0.717, 1.165) is 11.1 Å². The summed E-state index contributed by atoms with van der Waals surface area (Å²) in [5.74, 6) is 1.06. The van der Waals surface area contributed by atoms with Crippen molar-refractivity contribution in [3.8, 4) is 5.75 Å². The molecule has 2 rings (SSSR count). The molecular formula is C14H15N3O3. The minimum Gasteiger partial charge on any atom is -0.489 e. The molecular weight excluding hydrogens is 258 g/mol. The van der Waals surface area contributed by atoms with Crippen molar-refractivity contribution in [1.82, 2.24) is 4.98 Å². The van der Waals surface area contributed by atoms with E-state index in [1.165, 1.54) is 6.07 Å². The normalized spacial score (nSPS) is 10.3. The lowest BCUT2D eigenvalue weighted by Crippen LogP contribution is -2.01. The Kier molecular flexibility index (Phi) is 3.84. The molecule has 104 valence electrons. The van der Waals surface area contributed by atoms with Crippen molar-refractivity contribution in [1.29, 1.82) is 0 Å². The molecule has 0 aliphatic heterocycles. The monoisotopic (exact) mass is 273 g/mol. The van der Waals surface area contributed by atoms with Gasteiger partial charge in [0, 0.05) is 23.4 Å². The summed E-state index contributed by atoms with van der Waals surface area (Å²) in [4.78, 5) is 14.4. The summed E-state index contributed by atoms with van der Waals surface area (Å²) in [6, 6.07) is 6.61. The average Bonchev–Trinajstić information content (AvgIpc) is 2.40. The number of nitrogens with two attached hydrogens (primary N) is 1. The zero-order valence-corrected chi connectivity index (χ0v) is 11.3. The lowest BCUT2D eigenvalue weighted by molar-refractivity contribution is -0.385. The number of aromatic nitrogens is 1. The summed E-state index contributed by atoms with van der Waals surface area (Å²) in [7, 11) is 0. The van der Waals surface area contributed by atoms with Crippen LogP contribution in [-0.4, -0.2) is 9.91 Å². The van der Waals surface area contributed by atoms with Gasteiger partial charge in [0.15, 0.2) is 0 Å². The van der Waals surface area contributed by atoms with Crippen LogP contribution in [0.3, 0.4) is 0 Å². The van der Waals surface area contributed by atoms with E-state index in [9.17, 15) is 10.1 Å². The fourth-order valence-electron chi connectivity index (χ4n) is 1.88. The van der Waals surface area contributed by atoms with Crippen LogP contribution >= 0.6 is 0 Å². The van der Waals surface area contributed by atoms with E-state index >= 15 is 0 Å². The molecule has 0 unspecified atom stereocenters. The van der Waals surface area contributed by atoms with Crippen LogP contribution in [0.2, 0.25) is 0 Å². The van der Waals surface area contributed by atoms with E-state index in [4.69, 9.17) is 10.5 Å². The zero-order chi connectivity index (χ0) is 14.7. The summed E-state index contributed by atoms with van der Waals surface area (Å²) >= 11 is 0. The first-order chi connectivity index (χ1) is 9.49. The molecule has 6 heteroatoms. The molecule has 1 aromatic heterocycles. The highest BCUT2D eigenvalue weighted by molar-refractivity contribution is 5.51. The average molecular weight is 273 g/mol. The summed E-state index contributed by atoms with van der Waals surface area (Å²) in [6.45, 7) is 3.86. The highest BCUT2D eigenvalue weighted by Crippen LogP contribution is 2.29. The molecule has 0 saturated heterocycles. The topological polar surface area (TPSA) is 91.3 Å². The number of hydrogen-bond acceptors (Lipinski definition) is 5. The van der Waals surface area contributed by atoms with E-state index in [-0.39, 0.29) is 5.69 Å². The van der Waals surface area contributed by atoms with Gasteiger partial charge >= 0.3 is 0 Å². The number of nitro groups is 1.